The number of alkyl halides is 2. The van der Waals surface area contributed by atoms with Crippen LogP contribution in [0, 0.1) is 0 Å². The highest BCUT2D eigenvalue weighted by Gasteiger charge is 2.09. The summed E-state index contributed by atoms with van der Waals surface area (Å²) in [6.07, 6.45) is 3.32. The number of ether oxygens (including phenoxy) is 1. The van der Waals surface area contributed by atoms with Gasteiger partial charge in [0.2, 0.25) is 0 Å². The molecule has 0 aliphatic carbocycles. The number of hydrogen-bond acceptors (Lipinski definition) is 3. The Labute approximate surface area is 116 Å². The van der Waals surface area contributed by atoms with Crippen LogP contribution in [-0.4, -0.2) is 16.4 Å². The van der Waals surface area contributed by atoms with Crippen LogP contribution in [0.25, 0.3) is 0 Å². The fourth-order valence-electron chi connectivity index (χ4n) is 2.01. The second-order valence-electron chi connectivity index (χ2n) is 4.54. The molecule has 0 spiro atoms. The number of rotatable bonds is 6. The number of aryl methyl sites for hydroxylation is 2. The summed E-state index contributed by atoms with van der Waals surface area (Å²) in [5.74, 6) is 0.141. The minimum absolute atomic E-state index is 0.141. The fourth-order valence-corrected chi connectivity index (χ4v) is 2.01. The van der Waals surface area contributed by atoms with Gasteiger partial charge in [0.1, 0.15) is 5.75 Å². The van der Waals surface area contributed by atoms with Crippen molar-refractivity contribution < 1.29 is 13.5 Å². The summed E-state index contributed by atoms with van der Waals surface area (Å²) in [6, 6.07) is 8.24. The van der Waals surface area contributed by atoms with Gasteiger partial charge in [-0.1, -0.05) is 12.1 Å². The van der Waals surface area contributed by atoms with E-state index in [0.29, 0.717) is 0 Å². The summed E-state index contributed by atoms with van der Waals surface area (Å²) in [7, 11) is 1.89. The third-order valence-electron chi connectivity index (χ3n) is 3.17. The molecule has 0 saturated heterocycles. The molecular weight excluding hydrogens is 264 g/mol. The van der Waals surface area contributed by atoms with Crippen LogP contribution in [0.1, 0.15) is 23.7 Å². The van der Waals surface area contributed by atoms with Crippen LogP contribution in [0.3, 0.4) is 0 Å². The summed E-state index contributed by atoms with van der Waals surface area (Å²) in [5.41, 5.74) is 8.10. The van der Waals surface area contributed by atoms with Gasteiger partial charge < -0.3 is 10.5 Å². The lowest BCUT2D eigenvalue weighted by molar-refractivity contribution is -0.0498. The minimum atomic E-state index is -2.81. The first kappa shape index (κ1) is 14.5. The molecule has 0 saturated carbocycles. The molecule has 0 radical (unpaired) electrons. The molecule has 4 nitrogen and oxygen atoms in total. The molecule has 0 aliphatic rings. The molecule has 1 aromatic heterocycles. The van der Waals surface area contributed by atoms with Gasteiger partial charge in [0.15, 0.2) is 0 Å². The number of benzene rings is 1. The molecule has 0 amide bonds. The third kappa shape index (κ3) is 3.77. The highest BCUT2D eigenvalue weighted by molar-refractivity contribution is 5.29. The maximum atomic E-state index is 12.0. The van der Waals surface area contributed by atoms with Gasteiger partial charge in [0.25, 0.3) is 0 Å². The van der Waals surface area contributed by atoms with E-state index in [4.69, 9.17) is 5.73 Å². The van der Waals surface area contributed by atoms with Gasteiger partial charge in [-0.05, 0) is 36.6 Å². The maximum absolute atomic E-state index is 12.0. The van der Waals surface area contributed by atoms with Gasteiger partial charge in [0, 0.05) is 25.0 Å². The predicted molar refractivity (Wildman–Crippen MR) is 71.5 cm³/mol. The first-order valence-electron chi connectivity index (χ1n) is 6.33. The highest BCUT2D eigenvalue weighted by atomic mass is 19.3. The van der Waals surface area contributed by atoms with Crippen LogP contribution < -0.4 is 10.5 Å². The number of halogens is 2. The lowest BCUT2D eigenvalue weighted by Gasteiger charge is -2.13. The Balaban J connectivity index is 1.92. The van der Waals surface area contributed by atoms with Gasteiger partial charge in [-0.15, -0.1) is 0 Å². The molecule has 0 fully saturated rings. The average molecular weight is 281 g/mol. The molecule has 2 aromatic rings. The maximum Gasteiger partial charge on any atom is 0.387 e. The van der Waals surface area contributed by atoms with Crippen LogP contribution >= 0.6 is 0 Å². The highest BCUT2D eigenvalue weighted by Crippen LogP contribution is 2.21. The second kappa shape index (κ2) is 6.47. The summed E-state index contributed by atoms with van der Waals surface area (Å²) < 4.78 is 30.2. The lowest BCUT2D eigenvalue weighted by Crippen LogP contribution is -2.12. The lowest BCUT2D eigenvalue weighted by atomic mass is 10.0. The zero-order valence-corrected chi connectivity index (χ0v) is 11.2. The van der Waals surface area contributed by atoms with Gasteiger partial charge in [-0.2, -0.15) is 13.9 Å². The number of hydrogen-bond donors (Lipinski definition) is 1. The van der Waals surface area contributed by atoms with Crippen LogP contribution in [-0.2, 0) is 13.5 Å². The van der Waals surface area contributed by atoms with Crippen LogP contribution in [0.15, 0.2) is 36.5 Å². The Morgan fingerprint density at radius 1 is 1.25 bits per heavy atom. The molecule has 2 N–H and O–H groups in total. The van der Waals surface area contributed by atoms with Crippen molar-refractivity contribution in [2.24, 2.45) is 12.8 Å². The van der Waals surface area contributed by atoms with Crippen molar-refractivity contribution in [1.82, 2.24) is 9.78 Å². The van der Waals surface area contributed by atoms with Gasteiger partial charge in [-0.3, -0.25) is 4.68 Å². The van der Waals surface area contributed by atoms with Crippen LogP contribution in [0.2, 0.25) is 0 Å². The van der Waals surface area contributed by atoms with Gasteiger partial charge in [-0.25, -0.2) is 0 Å². The molecule has 1 atom stereocenters. The Hall–Kier alpha value is -1.95. The third-order valence-corrected chi connectivity index (χ3v) is 3.17. The largest absolute Gasteiger partial charge is 0.435 e. The van der Waals surface area contributed by atoms with Crippen molar-refractivity contribution in [3.05, 3.63) is 47.8 Å². The number of nitrogens with two attached hydrogens (primary N) is 1. The average Bonchev–Trinajstić information content (AvgIpc) is 2.82. The summed E-state index contributed by atoms with van der Waals surface area (Å²) in [6.45, 7) is -2.81. The van der Waals surface area contributed by atoms with E-state index < -0.39 is 6.61 Å². The van der Waals surface area contributed by atoms with Crippen molar-refractivity contribution in [2.75, 3.05) is 0 Å². The standard InChI is InChI=1S/C14H17F2N3O/c1-19-11(8-9-18-19)4-7-13(17)10-2-5-12(6-3-10)20-14(15)16/h2-3,5-6,8-9,13-14H,4,7,17H2,1H3. The topological polar surface area (TPSA) is 53.1 Å². The van der Waals surface area contributed by atoms with E-state index in [1.807, 2.05) is 17.8 Å². The molecule has 2 rings (SSSR count). The van der Waals surface area contributed by atoms with Crippen LogP contribution in [0.5, 0.6) is 5.75 Å². The number of aromatic nitrogens is 2. The van der Waals surface area contributed by atoms with Crippen LogP contribution in [0.4, 0.5) is 8.78 Å². The normalized spacial score (nSPS) is 12.7. The van der Waals surface area contributed by atoms with Crippen molar-refractivity contribution in [3.63, 3.8) is 0 Å². The van der Waals surface area contributed by atoms with E-state index in [2.05, 4.69) is 9.84 Å². The molecule has 108 valence electrons. The smallest absolute Gasteiger partial charge is 0.387 e. The second-order valence-corrected chi connectivity index (χ2v) is 4.54. The van der Waals surface area contributed by atoms with Crippen molar-refractivity contribution in [2.45, 2.75) is 25.5 Å². The Morgan fingerprint density at radius 3 is 2.50 bits per heavy atom. The molecular formula is C14H17F2N3O. The van der Waals surface area contributed by atoms with Gasteiger partial charge in [0.05, 0.1) is 0 Å². The van der Waals surface area contributed by atoms with E-state index in [9.17, 15) is 8.78 Å². The van der Waals surface area contributed by atoms with Crippen molar-refractivity contribution in [1.29, 1.82) is 0 Å². The molecule has 1 heterocycles. The van der Waals surface area contributed by atoms with E-state index in [1.165, 1.54) is 12.1 Å². The van der Waals surface area contributed by atoms with E-state index in [1.54, 1.807) is 18.3 Å². The van der Waals surface area contributed by atoms with Crippen molar-refractivity contribution >= 4 is 0 Å². The minimum Gasteiger partial charge on any atom is -0.435 e. The predicted octanol–water partition coefficient (Wildman–Crippen LogP) is 2.65. The Kier molecular flexibility index (Phi) is 4.68. The molecule has 20 heavy (non-hydrogen) atoms. The monoisotopic (exact) mass is 281 g/mol. The Bertz CT molecular complexity index is 540. The summed E-state index contributed by atoms with van der Waals surface area (Å²) in [5, 5.41) is 4.09. The molecule has 1 unspecified atom stereocenters. The van der Waals surface area contributed by atoms with Crippen molar-refractivity contribution in [3.8, 4) is 5.75 Å². The first-order valence-corrected chi connectivity index (χ1v) is 6.33. The summed E-state index contributed by atoms with van der Waals surface area (Å²) >= 11 is 0. The zero-order chi connectivity index (χ0) is 14.5. The SMILES string of the molecule is Cn1nccc1CCC(N)c1ccc(OC(F)F)cc1. The quantitative estimate of drug-likeness (QED) is 0.885. The van der Waals surface area contributed by atoms with Gasteiger partial charge >= 0.3 is 6.61 Å². The van der Waals surface area contributed by atoms with E-state index in [-0.39, 0.29) is 11.8 Å². The zero-order valence-electron chi connectivity index (χ0n) is 11.2. The first-order chi connectivity index (χ1) is 9.56. The van der Waals surface area contributed by atoms with E-state index in [0.717, 1.165) is 24.1 Å². The molecule has 0 bridgehead atoms. The van der Waals surface area contributed by atoms with E-state index >= 15 is 0 Å². The Morgan fingerprint density at radius 2 is 1.95 bits per heavy atom. The molecule has 1 aromatic carbocycles. The number of nitrogens with zero attached hydrogens (tertiary/aromatic N) is 2. The summed E-state index contributed by atoms with van der Waals surface area (Å²) in [4.78, 5) is 0. The molecule has 0 aliphatic heterocycles. The fraction of sp³-hybridized carbons (Fsp3) is 0.357. The molecule has 6 heteroatoms.